The number of rotatable bonds is 5. The van der Waals surface area contributed by atoms with Crippen LogP contribution in [-0.2, 0) is 9.53 Å². The normalized spacial score (nSPS) is 12.1. The maximum Gasteiger partial charge on any atom is 0.573 e. The molecule has 0 aliphatic rings. The molecular weight excluding hydrogens is 367 g/mol. The summed E-state index contributed by atoms with van der Waals surface area (Å²) in [6.45, 7) is 1.83. The van der Waals surface area contributed by atoms with Crippen LogP contribution in [0.1, 0.15) is 11.8 Å². The van der Waals surface area contributed by atoms with E-state index >= 15 is 0 Å². The van der Waals surface area contributed by atoms with Crippen LogP contribution in [0.3, 0.4) is 0 Å². The third-order valence-corrected chi connectivity index (χ3v) is 3.78. The van der Waals surface area contributed by atoms with Crippen molar-refractivity contribution >= 4 is 40.3 Å². The molecule has 0 amide bonds. The van der Waals surface area contributed by atoms with Gasteiger partial charge in [0.2, 0.25) is 0 Å². The second-order valence-corrected chi connectivity index (χ2v) is 5.68. The molecule has 2 rings (SSSR count). The summed E-state index contributed by atoms with van der Waals surface area (Å²) in [6, 6.07) is 6.90. The van der Waals surface area contributed by atoms with E-state index in [1.54, 1.807) is 24.4 Å². The predicted octanol–water partition coefficient (Wildman–Crippen LogP) is 4.98. The van der Waals surface area contributed by atoms with Crippen molar-refractivity contribution in [3.8, 4) is 5.75 Å². The van der Waals surface area contributed by atoms with Gasteiger partial charge >= 0.3 is 12.3 Å². The molecule has 0 fully saturated rings. The number of carbonyl (C=O) groups is 1. The second-order valence-electron chi connectivity index (χ2n) is 4.32. The Morgan fingerprint density at radius 3 is 2.62 bits per heavy atom. The molecule has 0 radical (unpaired) electrons. The molecule has 0 aliphatic carbocycles. The monoisotopic (exact) mass is 377 g/mol. The summed E-state index contributed by atoms with van der Waals surface area (Å²) >= 11 is 7.06. The minimum absolute atomic E-state index is 0.0485. The summed E-state index contributed by atoms with van der Waals surface area (Å²) in [5, 5.41) is 1.49. The number of thiophene rings is 1. The highest BCUT2D eigenvalue weighted by molar-refractivity contribution is 7.13. The van der Waals surface area contributed by atoms with E-state index in [9.17, 15) is 18.0 Å². The second kappa shape index (κ2) is 7.67. The zero-order chi connectivity index (χ0) is 17.7. The summed E-state index contributed by atoms with van der Waals surface area (Å²) in [4.78, 5) is 16.8. The molecule has 1 heterocycles. The van der Waals surface area contributed by atoms with Gasteiger partial charge in [-0.05, 0) is 36.6 Å². The first-order valence-electron chi connectivity index (χ1n) is 6.65. The van der Waals surface area contributed by atoms with Gasteiger partial charge in [-0.2, -0.15) is 0 Å². The fraction of sp³-hybridized carbons (Fsp3) is 0.200. The van der Waals surface area contributed by atoms with Gasteiger partial charge in [0.15, 0.2) is 5.71 Å². The van der Waals surface area contributed by atoms with Gasteiger partial charge in [0, 0.05) is 0 Å². The van der Waals surface area contributed by atoms with E-state index in [0.717, 1.165) is 6.07 Å². The Morgan fingerprint density at radius 2 is 2.08 bits per heavy atom. The number of hydrogen-bond acceptors (Lipinski definition) is 5. The van der Waals surface area contributed by atoms with E-state index in [2.05, 4.69) is 9.73 Å². The lowest BCUT2D eigenvalue weighted by Gasteiger charge is -2.10. The Hall–Kier alpha value is -2.06. The Morgan fingerprint density at radius 1 is 1.33 bits per heavy atom. The zero-order valence-corrected chi connectivity index (χ0v) is 13.8. The summed E-state index contributed by atoms with van der Waals surface area (Å²) < 4.78 is 45.5. The van der Waals surface area contributed by atoms with Crippen LogP contribution in [0.25, 0.3) is 0 Å². The zero-order valence-electron chi connectivity index (χ0n) is 12.3. The SMILES string of the molecule is CCOC(=O)C(=Nc1ccc(OC(F)(F)F)c(Cl)c1)c1cccs1. The van der Waals surface area contributed by atoms with Crippen LogP contribution in [0.2, 0.25) is 5.02 Å². The molecule has 0 saturated heterocycles. The first-order valence-corrected chi connectivity index (χ1v) is 7.91. The standard InChI is InChI=1S/C15H11ClF3NO3S/c1-2-22-14(21)13(12-4-3-7-24-12)20-9-5-6-11(10(16)8-9)23-15(17,18)19/h3-8H,2H2,1H3. The van der Waals surface area contributed by atoms with Crippen molar-refractivity contribution < 1.29 is 27.4 Å². The van der Waals surface area contributed by atoms with Crippen molar-refractivity contribution in [2.24, 2.45) is 4.99 Å². The van der Waals surface area contributed by atoms with E-state index in [0.29, 0.717) is 4.88 Å². The maximum atomic E-state index is 12.2. The lowest BCUT2D eigenvalue weighted by Crippen LogP contribution is -2.18. The van der Waals surface area contributed by atoms with Gasteiger partial charge in [0.25, 0.3) is 0 Å². The van der Waals surface area contributed by atoms with E-state index in [1.165, 1.54) is 23.5 Å². The molecule has 0 spiro atoms. The van der Waals surface area contributed by atoms with Gasteiger partial charge in [-0.25, -0.2) is 9.79 Å². The summed E-state index contributed by atoms with van der Waals surface area (Å²) in [5.41, 5.74) is 0.249. The molecule has 0 N–H and O–H groups in total. The highest BCUT2D eigenvalue weighted by Crippen LogP contribution is 2.33. The Kier molecular flexibility index (Phi) is 5.84. The molecule has 0 saturated carbocycles. The smallest absolute Gasteiger partial charge is 0.461 e. The number of nitrogens with zero attached hydrogens (tertiary/aromatic N) is 1. The molecular formula is C15H11ClF3NO3S. The number of esters is 1. The third-order valence-electron chi connectivity index (χ3n) is 2.61. The number of carbonyl (C=O) groups excluding carboxylic acids is 1. The number of ether oxygens (including phenoxy) is 2. The van der Waals surface area contributed by atoms with Crippen LogP contribution in [0.15, 0.2) is 40.7 Å². The fourth-order valence-electron chi connectivity index (χ4n) is 1.71. The Labute approximate surface area is 144 Å². The van der Waals surface area contributed by atoms with Gasteiger partial charge in [-0.3, -0.25) is 0 Å². The van der Waals surface area contributed by atoms with Gasteiger partial charge in [0.1, 0.15) is 5.75 Å². The Balaban J connectivity index is 2.36. The van der Waals surface area contributed by atoms with Crippen molar-refractivity contribution in [2.45, 2.75) is 13.3 Å². The lowest BCUT2D eigenvalue weighted by molar-refractivity contribution is -0.274. The molecule has 0 bridgehead atoms. The van der Waals surface area contributed by atoms with Crippen molar-refractivity contribution in [1.82, 2.24) is 0 Å². The molecule has 1 aromatic carbocycles. The van der Waals surface area contributed by atoms with Crippen LogP contribution < -0.4 is 4.74 Å². The fourth-order valence-corrected chi connectivity index (χ4v) is 2.62. The minimum Gasteiger partial charge on any atom is -0.461 e. The topological polar surface area (TPSA) is 47.9 Å². The van der Waals surface area contributed by atoms with Crippen molar-refractivity contribution in [3.05, 3.63) is 45.6 Å². The average molecular weight is 378 g/mol. The van der Waals surface area contributed by atoms with Gasteiger partial charge in [-0.15, -0.1) is 24.5 Å². The molecule has 2 aromatic rings. The first-order chi connectivity index (χ1) is 11.3. The van der Waals surface area contributed by atoms with Crippen molar-refractivity contribution in [2.75, 3.05) is 6.61 Å². The summed E-state index contributed by atoms with van der Waals surface area (Å²) in [7, 11) is 0. The molecule has 0 atom stereocenters. The third kappa shape index (κ3) is 4.97. The molecule has 4 nitrogen and oxygen atoms in total. The molecule has 9 heteroatoms. The van der Waals surface area contributed by atoms with E-state index < -0.39 is 18.1 Å². The summed E-state index contributed by atoms with van der Waals surface area (Å²) in [5.74, 6) is -1.18. The molecule has 0 unspecified atom stereocenters. The first kappa shape index (κ1) is 18.3. The van der Waals surface area contributed by atoms with Crippen LogP contribution in [0.5, 0.6) is 5.75 Å². The summed E-state index contributed by atoms with van der Waals surface area (Å²) in [6.07, 6.45) is -4.85. The van der Waals surface area contributed by atoms with Crippen LogP contribution in [0, 0.1) is 0 Å². The number of halogens is 4. The number of hydrogen-bond donors (Lipinski definition) is 0. The highest BCUT2D eigenvalue weighted by atomic mass is 35.5. The molecule has 0 aliphatic heterocycles. The number of alkyl halides is 3. The van der Waals surface area contributed by atoms with Gasteiger partial charge in [-0.1, -0.05) is 17.7 Å². The number of aliphatic imine (C=N–C) groups is 1. The van der Waals surface area contributed by atoms with Gasteiger partial charge < -0.3 is 9.47 Å². The van der Waals surface area contributed by atoms with E-state index in [4.69, 9.17) is 16.3 Å². The molecule has 1 aromatic heterocycles. The van der Waals surface area contributed by atoms with E-state index in [1.807, 2.05) is 0 Å². The quantitative estimate of drug-likeness (QED) is 0.545. The van der Waals surface area contributed by atoms with Crippen LogP contribution in [0.4, 0.5) is 18.9 Å². The average Bonchev–Trinajstić information content (AvgIpc) is 3.00. The predicted molar refractivity (Wildman–Crippen MR) is 85.3 cm³/mol. The largest absolute Gasteiger partial charge is 0.573 e. The van der Waals surface area contributed by atoms with Crippen molar-refractivity contribution in [3.63, 3.8) is 0 Å². The van der Waals surface area contributed by atoms with Gasteiger partial charge in [0.05, 0.1) is 22.2 Å². The van der Waals surface area contributed by atoms with Crippen LogP contribution in [-0.4, -0.2) is 24.7 Å². The lowest BCUT2D eigenvalue weighted by atomic mass is 10.2. The van der Waals surface area contributed by atoms with Crippen LogP contribution >= 0.6 is 22.9 Å². The maximum absolute atomic E-state index is 12.2. The molecule has 24 heavy (non-hydrogen) atoms. The Bertz CT molecular complexity index is 745. The van der Waals surface area contributed by atoms with Crippen molar-refractivity contribution in [1.29, 1.82) is 0 Å². The highest BCUT2D eigenvalue weighted by Gasteiger charge is 2.32. The number of benzene rings is 1. The van der Waals surface area contributed by atoms with E-state index in [-0.39, 0.29) is 23.0 Å². The minimum atomic E-state index is -4.85. The molecule has 128 valence electrons.